The van der Waals surface area contributed by atoms with Crippen molar-refractivity contribution in [1.82, 2.24) is 24.2 Å². The molecule has 9 nitrogen and oxygen atoms in total. The van der Waals surface area contributed by atoms with Crippen molar-refractivity contribution < 1.29 is 14.6 Å². The molecule has 2 fully saturated rings. The molecule has 3 aromatic rings. The number of nitrogens with zero attached hydrogens (tertiary/aromatic N) is 5. The van der Waals surface area contributed by atoms with E-state index >= 15 is 0 Å². The van der Waals surface area contributed by atoms with Crippen molar-refractivity contribution in [2.45, 2.75) is 62.4 Å². The number of fused-ring (bicyclic) bond motifs is 2. The van der Waals surface area contributed by atoms with E-state index in [1.54, 1.807) is 19.3 Å². The number of hydrogen-bond donors (Lipinski definition) is 2. The fourth-order valence-corrected chi connectivity index (χ4v) is 6.28. The lowest BCUT2D eigenvalue weighted by atomic mass is 9.90. The summed E-state index contributed by atoms with van der Waals surface area (Å²) in [6.07, 6.45) is 7.43. The van der Waals surface area contributed by atoms with Gasteiger partial charge >= 0.3 is 0 Å². The number of hydrogen-bond acceptors (Lipinski definition) is 10. The Labute approximate surface area is 212 Å². The molecule has 11 heteroatoms. The van der Waals surface area contributed by atoms with Crippen molar-refractivity contribution in [1.29, 1.82) is 0 Å². The molecule has 5 rings (SSSR count). The molecule has 2 atom stereocenters. The van der Waals surface area contributed by atoms with Gasteiger partial charge in [0.2, 0.25) is 11.0 Å². The van der Waals surface area contributed by atoms with E-state index in [9.17, 15) is 9.90 Å². The molecule has 5 heterocycles. The quantitative estimate of drug-likeness (QED) is 0.421. The number of carbonyl (C=O) groups is 1. The van der Waals surface area contributed by atoms with E-state index in [1.807, 2.05) is 25.1 Å². The van der Waals surface area contributed by atoms with Crippen molar-refractivity contribution in [3.05, 3.63) is 42.1 Å². The molecule has 0 aliphatic carbocycles. The third-order valence-electron chi connectivity index (χ3n) is 6.49. The standard InChI is InChI=1S/C24H28N6O3S2/c1-14-20(4-3-7-25-14)33-21-12-19(34-9-8-31)13-26-23(21)28-24-27-22(29-35-24)16-10-17-5-6-18(11-16)30(17)15(2)32/h3-4,7,12-13,16-18,31H,5-6,8-11H2,1-2H3,(H,26,27,28,29). The normalized spacial score (nSPS) is 21.2. The predicted molar refractivity (Wildman–Crippen MR) is 136 cm³/mol. The number of aryl methyl sites for hydroxylation is 1. The van der Waals surface area contributed by atoms with E-state index in [1.165, 1.54) is 23.3 Å². The second-order valence-electron chi connectivity index (χ2n) is 8.84. The first kappa shape index (κ1) is 24.0. The molecule has 35 heavy (non-hydrogen) atoms. The number of piperidine rings is 1. The summed E-state index contributed by atoms with van der Waals surface area (Å²) >= 11 is 2.81. The number of aromatic nitrogens is 4. The number of carbonyl (C=O) groups excluding carboxylic acids is 1. The molecule has 2 saturated heterocycles. The number of amides is 1. The van der Waals surface area contributed by atoms with Crippen LogP contribution in [0.15, 0.2) is 35.5 Å². The Kier molecular flexibility index (Phi) is 7.17. The summed E-state index contributed by atoms with van der Waals surface area (Å²) in [5, 5.41) is 13.1. The lowest BCUT2D eigenvalue weighted by Gasteiger charge is -2.37. The summed E-state index contributed by atoms with van der Waals surface area (Å²) < 4.78 is 10.8. The number of pyridine rings is 2. The van der Waals surface area contributed by atoms with Crippen LogP contribution in [-0.2, 0) is 4.79 Å². The topological polar surface area (TPSA) is 113 Å². The van der Waals surface area contributed by atoms with Gasteiger partial charge in [0.05, 0.1) is 12.3 Å². The zero-order valence-electron chi connectivity index (χ0n) is 19.7. The van der Waals surface area contributed by atoms with Crippen LogP contribution in [0.5, 0.6) is 11.5 Å². The number of thioether (sulfide) groups is 1. The third-order valence-corrected chi connectivity index (χ3v) is 8.08. The molecule has 2 N–H and O–H groups in total. The Morgan fingerprint density at radius 1 is 1.29 bits per heavy atom. The van der Waals surface area contributed by atoms with Gasteiger partial charge in [0.25, 0.3) is 0 Å². The summed E-state index contributed by atoms with van der Waals surface area (Å²) in [7, 11) is 0. The molecule has 1 amide bonds. The first-order valence-electron chi connectivity index (χ1n) is 11.7. The maximum absolute atomic E-state index is 12.0. The van der Waals surface area contributed by atoms with Gasteiger partial charge in [0.1, 0.15) is 11.6 Å². The molecular weight excluding hydrogens is 484 g/mol. The molecule has 2 aliphatic heterocycles. The second kappa shape index (κ2) is 10.5. The van der Waals surface area contributed by atoms with E-state index in [4.69, 9.17) is 9.72 Å². The second-order valence-corrected chi connectivity index (χ2v) is 10.8. The molecule has 2 bridgehead atoms. The smallest absolute Gasteiger partial charge is 0.219 e. The molecule has 184 valence electrons. The molecule has 2 unspecified atom stereocenters. The predicted octanol–water partition coefficient (Wildman–Crippen LogP) is 4.51. The third kappa shape index (κ3) is 5.26. The van der Waals surface area contributed by atoms with Crippen molar-refractivity contribution in [3.63, 3.8) is 0 Å². The van der Waals surface area contributed by atoms with Crippen LogP contribution in [-0.4, -0.2) is 59.7 Å². The minimum absolute atomic E-state index is 0.0865. The summed E-state index contributed by atoms with van der Waals surface area (Å²) in [6, 6.07) is 6.19. The Morgan fingerprint density at radius 2 is 2.09 bits per heavy atom. The first-order valence-corrected chi connectivity index (χ1v) is 13.5. The highest BCUT2D eigenvalue weighted by Crippen LogP contribution is 2.43. The van der Waals surface area contributed by atoms with Gasteiger partial charge in [0, 0.05) is 59.5 Å². The lowest BCUT2D eigenvalue weighted by molar-refractivity contribution is -0.133. The van der Waals surface area contributed by atoms with Gasteiger partial charge in [-0.3, -0.25) is 9.78 Å². The van der Waals surface area contributed by atoms with Crippen LogP contribution in [0.3, 0.4) is 0 Å². The molecule has 0 aromatic carbocycles. The number of anilines is 2. The average Bonchev–Trinajstić information content (AvgIpc) is 3.42. The molecule has 0 radical (unpaired) electrons. The zero-order valence-corrected chi connectivity index (χ0v) is 21.3. The van der Waals surface area contributed by atoms with Gasteiger partial charge in [-0.1, -0.05) is 0 Å². The summed E-state index contributed by atoms with van der Waals surface area (Å²) in [5.41, 5.74) is 0.775. The summed E-state index contributed by atoms with van der Waals surface area (Å²) in [5.74, 6) is 3.57. The number of rotatable bonds is 8. The van der Waals surface area contributed by atoms with Crippen LogP contribution in [0, 0.1) is 6.92 Å². The van der Waals surface area contributed by atoms with E-state index in [0.717, 1.165) is 42.1 Å². The molecule has 2 aliphatic rings. The molecular formula is C24H28N6O3S2. The van der Waals surface area contributed by atoms with Crippen molar-refractivity contribution in [2.24, 2.45) is 0 Å². The number of nitrogens with one attached hydrogen (secondary N) is 1. The van der Waals surface area contributed by atoms with Crippen molar-refractivity contribution in [2.75, 3.05) is 17.7 Å². The number of aliphatic hydroxyl groups excluding tert-OH is 1. The highest BCUT2D eigenvalue weighted by atomic mass is 32.2. The van der Waals surface area contributed by atoms with Crippen LogP contribution in [0.4, 0.5) is 10.9 Å². The van der Waals surface area contributed by atoms with Crippen LogP contribution in [0.2, 0.25) is 0 Å². The lowest BCUT2D eigenvalue weighted by Crippen LogP contribution is -2.45. The van der Waals surface area contributed by atoms with Crippen molar-refractivity contribution in [3.8, 4) is 11.5 Å². The maximum Gasteiger partial charge on any atom is 0.219 e. The van der Waals surface area contributed by atoms with Crippen LogP contribution >= 0.6 is 23.3 Å². The molecule has 0 spiro atoms. The van der Waals surface area contributed by atoms with Gasteiger partial charge in [-0.2, -0.15) is 4.37 Å². The van der Waals surface area contributed by atoms with E-state index in [0.29, 0.717) is 40.3 Å². The number of aliphatic hydroxyl groups is 1. The monoisotopic (exact) mass is 512 g/mol. The molecule has 0 saturated carbocycles. The van der Waals surface area contributed by atoms with Crippen LogP contribution < -0.4 is 10.1 Å². The Morgan fingerprint density at radius 3 is 2.80 bits per heavy atom. The first-order chi connectivity index (χ1) is 17.0. The zero-order chi connectivity index (χ0) is 24.4. The van der Waals surface area contributed by atoms with Crippen LogP contribution in [0.25, 0.3) is 0 Å². The fraction of sp³-hybridized carbons (Fsp3) is 0.458. The Balaban J connectivity index is 1.34. The number of ether oxygens (including phenoxy) is 1. The minimum Gasteiger partial charge on any atom is -0.452 e. The van der Waals surface area contributed by atoms with Gasteiger partial charge in [-0.15, -0.1) is 11.8 Å². The summed E-state index contributed by atoms with van der Waals surface area (Å²) in [4.78, 5) is 28.6. The van der Waals surface area contributed by atoms with Gasteiger partial charge in [-0.25, -0.2) is 9.97 Å². The van der Waals surface area contributed by atoms with E-state index < -0.39 is 0 Å². The van der Waals surface area contributed by atoms with Gasteiger partial charge < -0.3 is 20.1 Å². The summed E-state index contributed by atoms with van der Waals surface area (Å²) in [6.45, 7) is 3.65. The van der Waals surface area contributed by atoms with Crippen LogP contribution in [0.1, 0.15) is 50.0 Å². The highest BCUT2D eigenvalue weighted by molar-refractivity contribution is 7.99. The Hall–Kier alpha value is -2.76. The highest BCUT2D eigenvalue weighted by Gasteiger charge is 2.43. The SMILES string of the molecule is CC(=O)N1C2CCC1CC(c1nsc(Nc3ncc(SCCO)cc3Oc3cccnc3C)n1)C2. The van der Waals surface area contributed by atoms with Crippen molar-refractivity contribution >= 4 is 40.2 Å². The van der Waals surface area contributed by atoms with Gasteiger partial charge in [-0.05, 0) is 50.8 Å². The minimum atomic E-state index is 0.0865. The average molecular weight is 513 g/mol. The van der Waals surface area contributed by atoms with E-state index in [2.05, 4.69) is 24.6 Å². The molecule has 3 aromatic heterocycles. The maximum atomic E-state index is 12.0. The fourth-order valence-electron chi connectivity index (χ4n) is 4.99. The van der Waals surface area contributed by atoms with Gasteiger partial charge in [0.15, 0.2) is 11.6 Å². The Bertz CT molecular complexity index is 1190. The largest absolute Gasteiger partial charge is 0.452 e. The van der Waals surface area contributed by atoms with E-state index in [-0.39, 0.29) is 18.4 Å².